The van der Waals surface area contributed by atoms with Gasteiger partial charge >= 0.3 is 0 Å². The largest absolute Gasteiger partial charge is 0.353 e. The molecule has 6 nitrogen and oxygen atoms in total. The molecule has 1 unspecified atom stereocenters. The third-order valence-electron chi connectivity index (χ3n) is 6.04. The van der Waals surface area contributed by atoms with E-state index >= 15 is 0 Å². The van der Waals surface area contributed by atoms with Gasteiger partial charge in [0.25, 0.3) is 0 Å². The molecule has 0 radical (unpaired) electrons. The number of anilines is 1. The van der Waals surface area contributed by atoms with Crippen molar-refractivity contribution in [1.29, 1.82) is 0 Å². The lowest BCUT2D eigenvalue weighted by molar-refractivity contribution is 0.203. The molecule has 2 aromatic carbocycles. The Bertz CT molecular complexity index is 1170. The van der Waals surface area contributed by atoms with E-state index < -0.39 is 0 Å². The number of aryl methyl sites for hydroxylation is 1. The number of hydrogen-bond acceptors (Lipinski definition) is 5. The molecule has 0 saturated carbocycles. The Balaban J connectivity index is 1.39. The predicted molar refractivity (Wildman–Crippen MR) is 123 cm³/mol. The Morgan fingerprint density at radius 2 is 1.66 bits per heavy atom. The number of piperazine rings is 1. The molecule has 7 heteroatoms. The van der Waals surface area contributed by atoms with Gasteiger partial charge in [0, 0.05) is 57.4 Å². The first-order valence-electron chi connectivity index (χ1n) is 10.8. The van der Waals surface area contributed by atoms with E-state index in [0.717, 1.165) is 48.9 Å². The lowest BCUT2D eigenvalue weighted by atomic mass is 10.0. The second-order valence-electron chi connectivity index (χ2n) is 8.00. The van der Waals surface area contributed by atoms with Gasteiger partial charge in [0.1, 0.15) is 23.8 Å². The number of hydrogen-bond donors (Lipinski definition) is 0. The smallest absolute Gasteiger partial charge is 0.139 e. The second-order valence-corrected chi connectivity index (χ2v) is 8.00. The molecule has 0 spiro atoms. The van der Waals surface area contributed by atoms with Crippen molar-refractivity contribution < 1.29 is 4.39 Å². The second kappa shape index (κ2) is 8.88. The Labute approximate surface area is 187 Å². The van der Waals surface area contributed by atoms with Crippen LogP contribution in [0.15, 0.2) is 79.5 Å². The average molecular weight is 429 g/mol. The monoisotopic (exact) mass is 428 g/mol. The summed E-state index contributed by atoms with van der Waals surface area (Å²) in [4.78, 5) is 18.2. The fourth-order valence-electron chi connectivity index (χ4n) is 4.40. The summed E-state index contributed by atoms with van der Waals surface area (Å²) in [5, 5.41) is 0. The molecular formula is C25H25FN6. The maximum atomic E-state index is 13.4. The van der Waals surface area contributed by atoms with E-state index in [-0.39, 0.29) is 11.9 Å². The Morgan fingerprint density at radius 1 is 0.906 bits per heavy atom. The summed E-state index contributed by atoms with van der Waals surface area (Å²) >= 11 is 0. The van der Waals surface area contributed by atoms with Crippen LogP contribution < -0.4 is 4.90 Å². The van der Waals surface area contributed by atoms with Gasteiger partial charge in [0.15, 0.2) is 0 Å². The molecule has 2 aromatic heterocycles. The number of aromatic nitrogens is 4. The van der Waals surface area contributed by atoms with E-state index in [1.54, 1.807) is 18.5 Å². The average Bonchev–Trinajstić information content (AvgIpc) is 3.26. The molecule has 5 rings (SSSR count). The van der Waals surface area contributed by atoms with Gasteiger partial charge in [0.2, 0.25) is 0 Å². The summed E-state index contributed by atoms with van der Waals surface area (Å²) in [5.41, 5.74) is 3.08. The van der Waals surface area contributed by atoms with Crippen LogP contribution in [0.25, 0.3) is 11.1 Å². The summed E-state index contributed by atoms with van der Waals surface area (Å²) in [6.07, 6.45) is 7.24. The fraction of sp³-hybridized carbons (Fsp3) is 0.240. The number of rotatable bonds is 5. The van der Waals surface area contributed by atoms with Crippen LogP contribution in [0.1, 0.15) is 17.4 Å². The van der Waals surface area contributed by atoms with E-state index in [0.29, 0.717) is 0 Å². The molecule has 0 aliphatic carbocycles. The number of nitrogens with zero attached hydrogens (tertiary/aromatic N) is 6. The van der Waals surface area contributed by atoms with Crippen molar-refractivity contribution in [3.63, 3.8) is 0 Å². The van der Waals surface area contributed by atoms with Crippen LogP contribution >= 0.6 is 0 Å². The third kappa shape index (κ3) is 3.99. The SMILES string of the molecule is Cn1ccnc1C(c1ccccc1)N1CCN(c2ncncc2-c2ccc(F)cc2)CC1. The Hall–Kier alpha value is -3.58. The molecule has 1 saturated heterocycles. The van der Waals surface area contributed by atoms with Gasteiger partial charge in [-0.1, -0.05) is 42.5 Å². The van der Waals surface area contributed by atoms with E-state index in [9.17, 15) is 4.39 Å². The summed E-state index contributed by atoms with van der Waals surface area (Å²) in [6.45, 7) is 3.41. The molecule has 162 valence electrons. The van der Waals surface area contributed by atoms with Gasteiger partial charge in [-0.3, -0.25) is 4.90 Å². The van der Waals surface area contributed by atoms with E-state index in [2.05, 4.69) is 53.6 Å². The highest BCUT2D eigenvalue weighted by atomic mass is 19.1. The number of halogens is 1. The first-order chi connectivity index (χ1) is 15.7. The van der Waals surface area contributed by atoms with Crippen LogP contribution in [0, 0.1) is 5.82 Å². The highest BCUT2D eigenvalue weighted by Crippen LogP contribution is 2.32. The molecule has 0 bridgehead atoms. The molecule has 1 aliphatic rings. The van der Waals surface area contributed by atoms with Crippen molar-refractivity contribution >= 4 is 5.82 Å². The van der Waals surface area contributed by atoms with E-state index in [1.807, 2.05) is 31.7 Å². The molecule has 0 amide bonds. The number of benzene rings is 2. The molecule has 1 fully saturated rings. The minimum absolute atomic E-state index is 0.0975. The first kappa shape index (κ1) is 20.3. The summed E-state index contributed by atoms with van der Waals surface area (Å²) in [7, 11) is 2.05. The highest BCUT2D eigenvalue weighted by molar-refractivity contribution is 5.75. The quantitative estimate of drug-likeness (QED) is 0.482. The summed E-state index contributed by atoms with van der Waals surface area (Å²) in [5.74, 6) is 1.68. The minimum atomic E-state index is -0.248. The lowest BCUT2D eigenvalue weighted by Gasteiger charge is -2.40. The Kier molecular flexibility index (Phi) is 5.64. The third-order valence-corrected chi connectivity index (χ3v) is 6.04. The van der Waals surface area contributed by atoms with Crippen LogP contribution in [0.5, 0.6) is 0 Å². The predicted octanol–water partition coefficient (Wildman–Crippen LogP) is 3.93. The zero-order valence-electron chi connectivity index (χ0n) is 18.0. The molecule has 3 heterocycles. The maximum Gasteiger partial charge on any atom is 0.139 e. The van der Waals surface area contributed by atoms with Crippen molar-refractivity contribution in [3.05, 3.63) is 96.7 Å². The van der Waals surface area contributed by atoms with Crippen molar-refractivity contribution in [1.82, 2.24) is 24.4 Å². The van der Waals surface area contributed by atoms with Crippen molar-refractivity contribution in [2.45, 2.75) is 6.04 Å². The molecule has 1 atom stereocenters. The fourth-order valence-corrected chi connectivity index (χ4v) is 4.40. The Morgan fingerprint density at radius 3 is 2.34 bits per heavy atom. The van der Waals surface area contributed by atoms with E-state index in [4.69, 9.17) is 0 Å². The zero-order chi connectivity index (χ0) is 21.9. The van der Waals surface area contributed by atoms with Crippen molar-refractivity contribution in [2.24, 2.45) is 7.05 Å². The van der Waals surface area contributed by atoms with Gasteiger partial charge in [-0.2, -0.15) is 0 Å². The van der Waals surface area contributed by atoms with Crippen LogP contribution in [0.2, 0.25) is 0 Å². The van der Waals surface area contributed by atoms with Crippen LogP contribution in [0.4, 0.5) is 10.2 Å². The molecule has 4 aromatic rings. The van der Waals surface area contributed by atoms with Gasteiger partial charge in [-0.15, -0.1) is 0 Å². The minimum Gasteiger partial charge on any atom is -0.353 e. The summed E-state index contributed by atoms with van der Waals surface area (Å²) in [6, 6.07) is 17.1. The van der Waals surface area contributed by atoms with Gasteiger partial charge < -0.3 is 9.47 Å². The van der Waals surface area contributed by atoms with Crippen molar-refractivity contribution in [2.75, 3.05) is 31.1 Å². The normalized spacial score (nSPS) is 15.6. The van der Waals surface area contributed by atoms with Gasteiger partial charge in [-0.25, -0.2) is 19.3 Å². The maximum absolute atomic E-state index is 13.4. The van der Waals surface area contributed by atoms with Crippen molar-refractivity contribution in [3.8, 4) is 11.1 Å². The summed E-state index contributed by atoms with van der Waals surface area (Å²) < 4.78 is 15.5. The van der Waals surface area contributed by atoms with Gasteiger partial charge in [-0.05, 0) is 23.3 Å². The highest BCUT2D eigenvalue weighted by Gasteiger charge is 2.30. The molecule has 1 aliphatic heterocycles. The molecule has 32 heavy (non-hydrogen) atoms. The first-order valence-corrected chi connectivity index (χ1v) is 10.8. The topological polar surface area (TPSA) is 50.1 Å². The lowest BCUT2D eigenvalue weighted by Crippen LogP contribution is -2.48. The van der Waals surface area contributed by atoms with Crippen LogP contribution in [0.3, 0.4) is 0 Å². The molecular weight excluding hydrogens is 403 g/mol. The standard InChI is InChI=1S/C25H25FN6/c1-30-12-11-28-25(30)23(20-5-3-2-4-6-20)31-13-15-32(16-14-31)24-22(17-27-18-29-24)19-7-9-21(26)10-8-19/h2-12,17-18,23H,13-16H2,1H3. The number of imidazole rings is 1. The molecule has 0 N–H and O–H groups in total. The van der Waals surface area contributed by atoms with Crippen LogP contribution in [-0.2, 0) is 7.05 Å². The van der Waals surface area contributed by atoms with E-state index in [1.165, 1.54) is 17.7 Å². The van der Waals surface area contributed by atoms with Crippen LogP contribution in [-0.4, -0.2) is 50.6 Å². The zero-order valence-corrected chi connectivity index (χ0v) is 18.0. The van der Waals surface area contributed by atoms with Gasteiger partial charge in [0.05, 0.1) is 6.04 Å².